The second-order valence-electron chi connectivity index (χ2n) is 7.42. The lowest BCUT2D eigenvalue weighted by Gasteiger charge is -2.09. The quantitative estimate of drug-likeness (QED) is 0.377. The summed E-state index contributed by atoms with van der Waals surface area (Å²) in [6.07, 6.45) is 2.97. The van der Waals surface area contributed by atoms with Crippen LogP contribution in [-0.4, -0.2) is 5.78 Å². The van der Waals surface area contributed by atoms with Crippen molar-refractivity contribution in [2.24, 2.45) is 5.92 Å². The maximum Gasteiger partial charge on any atom is 0.168 e. The van der Waals surface area contributed by atoms with Crippen LogP contribution in [0, 0.1) is 25.6 Å². The first kappa shape index (κ1) is 20.3. The summed E-state index contributed by atoms with van der Waals surface area (Å²) in [4.78, 5) is 11.8. The Labute approximate surface area is 166 Å². The van der Waals surface area contributed by atoms with Crippen molar-refractivity contribution < 1.29 is 13.6 Å². The highest BCUT2D eigenvalue weighted by Gasteiger charge is 2.18. The van der Waals surface area contributed by atoms with Gasteiger partial charge in [-0.3, -0.25) is 4.79 Å². The van der Waals surface area contributed by atoms with Crippen LogP contribution in [0.15, 0.2) is 40.8 Å². The number of Topliss-reactive ketones (excluding diaryl/α,β-unsaturated/α-hetero) is 1. The highest BCUT2D eigenvalue weighted by Crippen LogP contribution is 2.38. The number of rotatable bonds is 3. The normalized spacial score (nSPS) is 13.3. The molecule has 0 amide bonds. The molecule has 0 bridgehead atoms. The molecule has 5 heteroatoms. The van der Waals surface area contributed by atoms with Gasteiger partial charge in [-0.1, -0.05) is 44.0 Å². The lowest BCUT2D eigenvalue weighted by Crippen LogP contribution is -1.93. The van der Waals surface area contributed by atoms with Gasteiger partial charge in [0.05, 0.1) is 11.0 Å². The minimum Gasteiger partial charge on any atom is -0.456 e. The molecule has 28 heavy (non-hydrogen) atoms. The molecular weight excluding hydrogens is 372 g/mol. The van der Waals surface area contributed by atoms with E-state index in [1.807, 2.05) is 32.0 Å². The van der Waals surface area contributed by atoms with Crippen molar-refractivity contribution in [1.29, 1.82) is 0 Å². The van der Waals surface area contributed by atoms with Crippen LogP contribution in [0.25, 0.3) is 22.5 Å². The molecule has 1 aliphatic rings. The first-order valence-corrected chi connectivity index (χ1v) is 10.3. The van der Waals surface area contributed by atoms with Crippen molar-refractivity contribution in [1.82, 2.24) is 0 Å². The number of hydrogen-bond donors (Lipinski definition) is 1. The summed E-state index contributed by atoms with van der Waals surface area (Å²) in [5.41, 5.74) is 9.93. The van der Waals surface area contributed by atoms with Crippen molar-refractivity contribution in [3.05, 3.63) is 58.6 Å². The van der Waals surface area contributed by atoms with Crippen molar-refractivity contribution in [2.45, 2.75) is 40.5 Å². The molecular formula is C23H25FNO2P. The predicted molar refractivity (Wildman–Crippen MR) is 114 cm³/mol. The van der Waals surface area contributed by atoms with Gasteiger partial charge in [-0.25, -0.2) is 4.39 Å². The molecule has 1 aliphatic carbocycles. The fourth-order valence-electron chi connectivity index (χ4n) is 2.82. The van der Waals surface area contributed by atoms with E-state index in [-0.39, 0.29) is 11.5 Å². The lowest BCUT2D eigenvalue weighted by molar-refractivity contribution is 0.102. The van der Waals surface area contributed by atoms with E-state index >= 15 is 0 Å². The Morgan fingerprint density at radius 2 is 1.75 bits per heavy atom. The molecule has 0 unspecified atom stereocenters. The maximum absolute atomic E-state index is 13.7. The van der Waals surface area contributed by atoms with Crippen LogP contribution >= 0.6 is 8.19 Å². The molecule has 0 aliphatic heterocycles. The fraction of sp³-hybridized carbons (Fsp3) is 0.304. The van der Waals surface area contributed by atoms with Crippen LogP contribution in [0.1, 0.15) is 47.8 Å². The number of nitrogens with two attached hydrogens (primary N) is 1. The highest BCUT2D eigenvalue weighted by molar-refractivity contribution is 7.33. The van der Waals surface area contributed by atoms with E-state index in [0.717, 1.165) is 41.9 Å². The number of carbonyl (C=O) groups excluding carboxylic acids is 1. The first-order valence-electron chi connectivity index (χ1n) is 9.41. The van der Waals surface area contributed by atoms with Gasteiger partial charge in [0.2, 0.25) is 0 Å². The molecule has 1 saturated carbocycles. The average molecular weight is 397 g/mol. The molecule has 1 fully saturated rings. The van der Waals surface area contributed by atoms with Crippen LogP contribution in [0.4, 0.5) is 10.1 Å². The molecule has 1 heterocycles. The highest BCUT2D eigenvalue weighted by atomic mass is 31.0. The Bertz CT molecular complexity index is 1020. The van der Waals surface area contributed by atoms with Crippen LogP contribution in [0.5, 0.6) is 0 Å². The Hall–Kier alpha value is -2.45. The Morgan fingerprint density at radius 3 is 2.29 bits per heavy atom. The fourth-order valence-corrected chi connectivity index (χ4v) is 3.70. The number of benzene rings is 2. The third-order valence-electron chi connectivity index (χ3n) is 4.74. The van der Waals surface area contributed by atoms with Gasteiger partial charge in [0.1, 0.15) is 17.1 Å². The van der Waals surface area contributed by atoms with Gasteiger partial charge in [0, 0.05) is 5.56 Å². The minimum atomic E-state index is -0.432. The summed E-state index contributed by atoms with van der Waals surface area (Å²) >= 11 is 0. The number of anilines is 1. The number of hydrogen-bond acceptors (Lipinski definition) is 3. The van der Waals surface area contributed by atoms with Crippen molar-refractivity contribution in [3.8, 4) is 22.5 Å². The third kappa shape index (κ3) is 4.69. The number of carbonyl (C=O) groups is 1. The predicted octanol–water partition coefficient (Wildman–Crippen LogP) is 7.15. The maximum atomic E-state index is 13.7. The zero-order valence-corrected chi connectivity index (χ0v) is 17.6. The Morgan fingerprint density at radius 1 is 1.14 bits per heavy atom. The van der Waals surface area contributed by atoms with Crippen molar-refractivity contribution in [2.75, 3.05) is 5.73 Å². The Balaban J connectivity index is 0.000000500. The Kier molecular flexibility index (Phi) is 6.00. The first-order chi connectivity index (χ1) is 13.3. The average Bonchev–Trinajstić information content (AvgIpc) is 3.32. The van der Waals surface area contributed by atoms with E-state index in [0.29, 0.717) is 11.1 Å². The van der Waals surface area contributed by atoms with Crippen LogP contribution in [-0.2, 0) is 0 Å². The lowest BCUT2D eigenvalue weighted by atomic mass is 9.98. The monoisotopic (exact) mass is 397 g/mol. The molecule has 3 nitrogen and oxygen atoms in total. The number of ketones is 1. The molecule has 146 valence electrons. The van der Waals surface area contributed by atoms with E-state index in [9.17, 15) is 9.18 Å². The molecule has 4 rings (SSSR count). The minimum absolute atomic E-state index is 0.00704. The molecule has 0 atom stereocenters. The smallest absolute Gasteiger partial charge is 0.168 e. The topological polar surface area (TPSA) is 56.2 Å². The zero-order valence-electron chi connectivity index (χ0n) is 16.7. The van der Waals surface area contributed by atoms with Crippen LogP contribution in [0.2, 0.25) is 0 Å². The van der Waals surface area contributed by atoms with Crippen molar-refractivity contribution >= 4 is 19.7 Å². The van der Waals surface area contributed by atoms with Gasteiger partial charge in [0.15, 0.2) is 5.78 Å². The van der Waals surface area contributed by atoms with E-state index < -0.39 is 5.82 Å². The summed E-state index contributed by atoms with van der Waals surface area (Å²) in [7, 11) is 0.817. The molecule has 1 aromatic heterocycles. The number of halogens is 1. The SMILES string of the molecule is CC(=O)c1pc(C)oc1-c1ccc(-c2ccc(N)c(F)c2)cc1C.CC1CC1. The van der Waals surface area contributed by atoms with E-state index in [1.165, 1.54) is 18.9 Å². The largest absolute Gasteiger partial charge is 0.456 e. The molecule has 0 saturated heterocycles. The third-order valence-corrected chi connectivity index (χ3v) is 5.89. The molecule has 0 spiro atoms. The molecule has 0 radical (unpaired) electrons. The van der Waals surface area contributed by atoms with Crippen molar-refractivity contribution in [3.63, 3.8) is 0 Å². The van der Waals surface area contributed by atoms with Gasteiger partial charge in [0.25, 0.3) is 0 Å². The summed E-state index contributed by atoms with van der Waals surface area (Å²) in [6.45, 7) is 7.63. The standard InChI is InChI=1S/C19H17FNO2P.C4H8/c1-10-8-13(14-5-7-17(21)16(20)9-14)4-6-15(10)18-19(11(2)22)24-12(3)23-18;1-4-2-3-4/h4-9H,21H2,1-3H3;4H,2-3H2,1H3. The van der Waals surface area contributed by atoms with Gasteiger partial charge >= 0.3 is 0 Å². The summed E-state index contributed by atoms with van der Waals surface area (Å²) in [5, 5.41) is 0.668. The number of aryl methyl sites for hydroxylation is 2. The van der Waals surface area contributed by atoms with E-state index in [2.05, 4.69) is 6.92 Å². The molecule has 3 aromatic rings. The van der Waals surface area contributed by atoms with Gasteiger partial charge < -0.3 is 10.2 Å². The summed E-state index contributed by atoms with van der Waals surface area (Å²) in [6, 6.07) is 10.5. The molecule has 2 aromatic carbocycles. The zero-order chi connectivity index (χ0) is 20.4. The van der Waals surface area contributed by atoms with E-state index in [4.69, 9.17) is 10.2 Å². The van der Waals surface area contributed by atoms with Gasteiger partial charge in [-0.05, 0) is 63.7 Å². The second kappa shape index (κ2) is 8.28. The van der Waals surface area contributed by atoms with Gasteiger partial charge in [-0.2, -0.15) is 0 Å². The summed E-state index contributed by atoms with van der Waals surface area (Å²) in [5.74, 6) is 1.28. The van der Waals surface area contributed by atoms with E-state index in [1.54, 1.807) is 19.1 Å². The van der Waals surface area contributed by atoms with Gasteiger partial charge in [-0.15, -0.1) is 0 Å². The number of nitrogen functional groups attached to an aromatic ring is 1. The second-order valence-corrected chi connectivity index (χ2v) is 8.72. The summed E-state index contributed by atoms with van der Waals surface area (Å²) < 4.78 is 19.4. The van der Waals surface area contributed by atoms with Crippen LogP contribution in [0.3, 0.4) is 0 Å². The molecule has 2 N–H and O–H groups in total. The van der Waals surface area contributed by atoms with Crippen LogP contribution < -0.4 is 5.73 Å².